The average molecular weight is 396 g/mol. The largest absolute Gasteiger partial charge is 0.465 e. The number of esters is 1. The fourth-order valence-electron chi connectivity index (χ4n) is 3.30. The van der Waals surface area contributed by atoms with Crippen LogP contribution in [0.3, 0.4) is 0 Å². The lowest BCUT2D eigenvalue weighted by atomic mass is 10.0. The molecule has 1 aliphatic rings. The molecule has 0 spiro atoms. The van der Waals surface area contributed by atoms with Gasteiger partial charge >= 0.3 is 5.97 Å². The Morgan fingerprint density at radius 1 is 1.14 bits per heavy atom. The highest BCUT2D eigenvalue weighted by Crippen LogP contribution is 2.23. The van der Waals surface area contributed by atoms with Crippen molar-refractivity contribution < 1.29 is 23.8 Å². The Kier molecular flexibility index (Phi) is 7.82. The number of carbonyl (C=O) groups is 2. The van der Waals surface area contributed by atoms with Gasteiger partial charge in [-0.1, -0.05) is 25.8 Å². The smallest absolute Gasteiger partial charge is 0.343 e. The monoisotopic (exact) mass is 396 g/mol. The Bertz CT molecular complexity index is 807. The van der Waals surface area contributed by atoms with Crippen LogP contribution in [-0.4, -0.2) is 25.2 Å². The molecule has 1 fully saturated rings. The molecule has 0 aromatic heterocycles. The van der Waals surface area contributed by atoms with E-state index in [1.807, 2.05) is 6.07 Å². The fraction of sp³-hybridized carbons (Fsp3) is 0.417. The maximum Gasteiger partial charge on any atom is 0.343 e. The molecule has 0 aliphatic carbocycles. The molecule has 1 aliphatic heterocycles. The van der Waals surface area contributed by atoms with Crippen molar-refractivity contribution in [3.05, 3.63) is 59.2 Å². The predicted octanol–water partition coefficient (Wildman–Crippen LogP) is 5.36. The SMILES string of the molecule is CCCCCc1ccc(OC(=O)c2ccc(OC3CCCCO3)cc2)c(C=O)c1. The number of aldehydes is 1. The summed E-state index contributed by atoms with van der Waals surface area (Å²) in [5, 5.41) is 0. The summed E-state index contributed by atoms with van der Waals surface area (Å²) in [4.78, 5) is 23.9. The van der Waals surface area contributed by atoms with Gasteiger partial charge in [-0.15, -0.1) is 0 Å². The Balaban J connectivity index is 1.61. The van der Waals surface area contributed by atoms with Crippen LogP contribution in [0.15, 0.2) is 42.5 Å². The van der Waals surface area contributed by atoms with Gasteiger partial charge in [-0.2, -0.15) is 0 Å². The lowest BCUT2D eigenvalue weighted by Gasteiger charge is -2.23. The molecule has 0 N–H and O–H groups in total. The molecule has 29 heavy (non-hydrogen) atoms. The number of aryl methyl sites for hydroxylation is 1. The average Bonchev–Trinajstić information content (AvgIpc) is 2.76. The molecule has 5 nitrogen and oxygen atoms in total. The molecule has 2 aromatic rings. The Hall–Kier alpha value is -2.66. The summed E-state index contributed by atoms with van der Waals surface area (Å²) in [6.45, 7) is 2.87. The van der Waals surface area contributed by atoms with Gasteiger partial charge in [0.1, 0.15) is 11.5 Å². The van der Waals surface area contributed by atoms with Crippen LogP contribution >= 0.6 is 0 Å². The third kappa shape index (κ3) is 6.16. The summed E-state index contributed by atoms with van der Waals surface area (Å²) in [5.74, 6) is 0.422. The summed E-state index contributed by atoms with van der Waals surface area (Å²) in [6.07, 6.45) is 7.81. The van der Waals surface area contributed by atoms with Crippen molar-refractivity contribution in [2.24, 2.45) is 0 Å². The van der Waals surface area contributed by atoms with Crippen LogP contribution in [0, 0.1) is 0 Å². The molecule has 0 radical (unpaired) electrons. The molecule has 0 bridgehead atoms. The molecule has 1 heterocycles. The van der Waals surface area contributed by atoms with Crippen molar-refractivity contribution in [2.75, 3.05) is 6.61 Å². The molecule has 1 saturated heterocycles. The third-order valence-corrected chi connectivity index (χ3v) is 4.97. The normalized spacial score (nSPS) is 16.2. The molecule has 2 aromatic carbocycles. The fourth-order valence-corrected chi connectivity index (χ4v) is 3.30. The summed E-state index contributed by atoms with van der Waals surface area (Å²) < 4.78 is 16.8. The van der Waals surface area contributed by atoms with Crippen molar-refractivity contribution in [3.8, 4) is 11.5 Å². The van der Waals surface area contributed by atoms with Crippen molar-refractivity contribution in [1.29, 1.82) is 0 Å². The van der Waals surface area contributed by atoms with Gasteiger partial charge in [0, 0.05) is 6.42 Å². The van der Waals surface area contributed by atoms with Gasteiger partial charge in [-0.25, -0.2) is 4.79 Å². The summed E-state index contributed by atoms with van der Waals surface area (Å²) in [7, 11) is 0. The van der Waals surface area contributed by atoms with E-state index in [9.17, 15) is 9.59 Å². The van der Waals surface area contributed by atoms with Crippen LogP contribution < -0.4 is 9.47 Å². The summed E-state index contributed by atoms with van der Waals surface area (Å²) in [5.41, 5.74) is 1.86. The number of hydrogen-bond donors (Lipinski definition) is 0. The van der Waals surface area contributed by atoms with E-state index in [4.69, 9.17) is 14.2 Å². The van der Waals surface area contributed by atoms with Crippen LogP contribution in [0.5, 0.6) is 11.5 Å². The maximum absolute atomic E-state index is 12.5. The topological polar surface area (TPSA) is 61.8 Å². The van der Waals surface area contributed by atoms with Gasteiger partial charge in [-0.3, -0.25) is 4.79 Å². The number of unbranched alkanes of at least 4 members (excludes halogenated alkanes) is 2. The molecule has 1 atom stereocenters. The first kappa shape index (κ1) is 21.1. The Morgan fingerprint density at radius 3 is 2.66 bits per heavy atom. The highest BCUT2D eigenvalue weighted by atomic mass is 16.7. The molecule has 3 rings (SSSR count). The van der Waals surface area contributed by atoms with E-state index >= 15 is 0 Å². The van der Waals surface area contributed by atoms with Crippen LogP contribution in [0.4, 0.5) is 0 Å². The quantitative estimate of drug-likeness (QED) is 0.247. The molecule has 0 saturated carbocycles. The first-order valence-corrected chi connectivity index (χ1v) is 10.4. The van der Waals surface area contributed by atoms with E-state index < -0.39 is 5.97 Å². The maximum atomic E-state index is 12.5. The van der Waals surface area contributed by atoms with Gasteiger partial charge < -0.3 is 14.2 Å². The zero-order valence-electron chi connectivity index (χ0n) is 16.9. The van der Waals surface area contributed by atoms with Gasteiger partial charge in [0.15, 0.2) is 12.6 Å². The molecule has 0 amide bonds. The number of benzene rings is 2. The number of hydrogen-bond acceptors (Lipinski definition) is 5. The minimum atomic E-state index is -0.507. The van der Waals surface area contributed by atoms with E-state index in [1.165, 1.54) is 0 Å². The van der Waals surface area contributed by atoms with Gasteiger partial charge in [0.25, 0.3) is 0 Å². The standard InChI is InChI=1S/C24H28O5/c1-2-3-4-7-18-9-14-22(20(16-18)17-25)29-24(26)19-10-12-21(13-11-19)28-23-8-5-6-15-27-23/h9-14,16-17,23H,2-8,15H2,1H3. The zero-order valence-corrected chi connectivity index (χ0v) is 16.9. The predicted molar refractivity (Wildman–Crippen MR) is 111 cm³/mol. The molecule has 5 heteroatoms. The van der Waals surface area contributed by atoms with E-state index in [0.717, 1.165) is 56.8 Å². The minimum absolute atomic E-state index is 0.229. The van der Waals surface area contributed by atoms with Gasteiger partial charge in [0.05, 0.1) is 17.7 Å². The Labute approximate surface area is 172 Å². The number of ether oxygens (including phenoxy) is 3. The second-order valence-electron chi connectivity index (χ2n) is 7.28. The van der Waals surface area contributed by atoms with Crippen molar-refractivity contribution >= 4 is 12.3 Å². The van der Waals surface area contributed by atoms with E-state index in [-0.39, 0.29) is 12.0 Å². The molecule has 154 valence electrons. The first-order chi connectivity index (χ1) is 14.2. The van der Waals surface area contributed by atoms with Gasteiger partial charge in [-0.05, 0) is 67.6 Å². The highest BCUT2D eigenvalue weighted by Gasteiger charge is 2.16. The lowest BCUT2D eigenvalue weighted by molar-refractivity contribution is -0.105. The van der Waals surface area contributed by atoms with Crippen molar-refractivity contribution in [1.82, 2.24) is 0 Å². The van der Waals surface area contributed by atoms with Crippen molar-refractivity contribution in [2.45, 2.75) is 58.2 Å². The van der Waals surface area contributed by atoms with E-state index in [0.29, 0.717) is 23.5 Å². The molecule has 1 unspecified atom stereocenters. The number of carbonyl (C=O) groups excluding carboxylic acids is 2. The minimum Gasteiger partial charge on any atom is -0.465 e. The van der Waals surface area contributed by atoms with Crippen LogP contribution in [0.2, 0.25) is 0 Å². The highest BCUT2D eigenvalue weighted by molar-refractivity contribution is 5.92. The second-order valence-corrected chi connectivity index (χ2v) is 7.28. The van der Waals surface area contributed by atoms with Crippen LogP contribution in [0.1, 0.15) is 71.7 Å². The van der Waals surface area contributed by atoms with E-state index in [1.54, 1.807) is 36.4 Å². The molecular weight excluding hydrogens is 368 g/mol. The third-order valence-electron chi connectivity index (χ3n) is 4.97. The summed E-state index contributed by atoms with van der Waals surface area (Å²) in [6, 6.07) is 12.2. The summed E-state index contributed by atoms with van der Waals surface area (Å²) >= 11 is 0. The zero-order chi connectivity index (χ0) is 20.5. The van der Waals surface area contributed by atoms with Gasteiger partial charge in [0.2, 0.25) is 0 Å². The second kappa shape index (κ2) is 10.8. The van der Waals surface area contributed by atoms with Crippen LogP contribution in [0.25, 0.3) is 0 Å². The van der Waals surface area contributed by atoms with Crippen molar-refractivity contribution in [3.63, 3.8) is 0 Å². The lowest BCUT2D eigenvalue weighted by Crippen LogP contribution is -2.24. The number of rotatable bonds is 9. The van der Waals surface area contributed by atoms with Crippen LogP contribution in [-0.2, 0) is 11.2 Å². The Morgan fingerprint density at radius 2 is 1.97 bits per heavy atom. The first-order valence-electron chi connectivity index (χ1n) is 10.4. The molecular formula is C24H28O5. The van der Waals surface area contributed by atoms with E-state index in [2.05, 4.69) is 6.92 Å².